The number of carbonyl (C=O) groups is 1. The first-order valence-electron chi connectivity index (χ1n) is 6.32. The highest BCUT2D eigenvalue weighted by Gasteiger charge is 2.27. The quantitative estimate of drug-likeness (QED) is 0.887. The first-order chi connectivity index (χ1) is 8.61. The molecule has 3 nitrogen and oxygen atoms in total. The molecule has 1 saturated heterocycles. The van der Waals surface area contributed by atoms with Crippen LogP contribution in [0.1, 0.15) is 22.3 Å². The number of likely N-dealkylation sites (tertiary alicyclic amines) is 1. The summed E-state index contributed by atoms with van der Waals surface area (Å²) in [6.07, 6.45) is 1.01. The van der Waals surface area contributed by atoms with E-state index in [4.69, 9.17) is 0 Å². The van der Waals surface area contributed by atoms with E-state index in [2.05, 4.69) is 5.32 Å². The van der Waals surface area contributed by atoms with Gasteiger partial charge in [0.15, 0.2) is 0 Å². The second-order valence-electron chi connectivity index (χ2n) is 4.92. The first kappa shape index (κ1) is 13.0. The molecule has 1 fully saturated rings. The number of hydrogen-bond acceptors (Lipinski definition) is 2. The summed E-state index contributed by atoms with van der Waals surface area (Å²) in [7, 11) is 1.92. The summed E-state index contributed by atoms with van der Waals surface area (Å²) >= 11 is 0. The molecule has 1 N–H and O–H groups in total. The van der Waals surface area contributed by atoms with Crippen LogP contribution in [0.4, 0.5) is 4.39 Å². The van der Waals surface area contributed by atoms with Gasteiger partial charge in [0, 0.05) is 18.7 Å². The van der Waals surface area contributed by atoms with Crippen molar-refractivity contribution in [1.82, 2.24) is 10.2 Å². The van der Waals surface area contributed by atoms with Gasteiger partial charge in [-0.1, -0.05) is 6.07 Å². The SMILES string of the molecule is CNCC1CCN(C(=O)c2cc(F)ccc2C)C1. The molecule has 1 atom stereocenters. The second kappa shape index (κ2) is 5.48. The molecule has 1 amide bonds. The number of benzene rings is 1. The topological polar surface area (TPSA) is 32.3 Å². The highest BCUT2D eigenvalue weighted by atomic mass is 19.1. The highest BCUT2D eigenvalue weighted by molar-refractivity contribution is 5.95. The van der Waals surface area contributed by atoms with Gasteiger partial charge in [0.1, 0.15) is 5.82 Å². The van der Waals surface area contributed by atoms with Gasteiger partial charge in [-0.3, -0.25) is 4.79 Å². The first-order valence-corrected chi connectivity index (χ1v) is 6.32. The Bertz CT molecular complexity index is 447. The fraction of sp³-hybridized carbons (Fsp3) is 0.500. The van der Waals surface area contributed by atoms with Crippen LogP contribution in [0, 0.1) is 18.7 Å². The van der Waals surface area contributed by atoms with Crippen LogP contribution in [0.15, 0.2) is 18.2 Å². The summed E-state index contributed by atoms with van der Waals surface area (Å²) in [6.45, 7) is 4.29. The molecule has 1 aliphatic heterocycles. The molecule has 0 aromatic heterocycles. The van der Waals surface area contributed by atoms with E-state index in [0.29, 0.717) is 11.5 Å². The Balaban J connectivity index is 2.10. The van der Waals surface area contributed by atoms with Crippen molar-refractivity contribution in [3.63, 3.8) is 0 Å². The maximum absolute atomic E-state index is 13.2. The minimum absolute atomic E-state index is 0.0504. The van der Waals surface area contributed by atoms with Crippen molar-refractivity contribution in [3.05, 3.63) is 35.1 Å². The van der Waals surface area contributed by atoms with Crippen LogP contribution < -0.4 is 5.32 Å². The molecule has 1 aromatic rings. The molecule has 1 aromatic carbocycles. The second-order valence-corrected chi connectivity index (χ2v) is 4.92. The molecule has 0 radical (unpaired) electrons. The van der Waals surface area contributed by atoms with Crippen LogP contribution in [0.3, 0.4) is 0 Å². The van der Waals surface area contributed by atoms with Crippen molar-refractivity contribution in [2.75, 3.05) is 26.7 Å². The van der Waals surface area contributed by atoms with Crippen LogP contribution in [0.2, 0.25) is 0 Å². The molecule has 2 rings (SSSR count). The third-order valence-corrected chi connectivity index (χ3v) is 3.50. The van der Waals surface area contributed by atoms with Crippen LogP contribution in [-0.2, 0) is 0 Å². The van der Waals surface area contributed by atoms with Crippen molar-refractivity contribution in [1.29, 1.82) is 0 Å². The number of nitrogens with zero attached hydrogens (tertiary/aromatic N) is 1. The van der Waals surface area contributed by atoms with E-state index in [-0.39, 0.29) is 11.7 Å². The van der Waals surface area contributed by atoms with Gasteiger partial charge < -0.3 is 10.2 Å². The Kier molecular flexibility index (Phi) is 3.97. The van der Waals surface area contributed by atoms with E-state index in [1.54, 1.807) is 6.07 Å². The third kappa shape index (κ3) is 2.70. The van der Waals surface area contributed by atoms with Crippen LogP contribution >= 0.6 is 0 Å². The van der Waals surface area contributed by atoms with Crippen molar-refractivity contribution >= 4 is 5.91 Å². The predicted molar refractivity (Wildman–Crippen MR) is 69.1 cm³/mol. The van der Waals surface area contributed by atoms with Gasteiger partial charge in [-0.15, -0.1) is 0 Å². The molecule has 0 spiro atoms. The Morgan fingerprint density at radius 3 is 3.06 bits per heavy atom. The summed E-state index contributed by atoms with van der Waals surface area (Å²) in [4.78, 5) is 14.1. The van der Waals surface area contributed by atoms with Crippen molar-refractivity contribution in [2.24, 2.45) is 5.92 Å². The summed E-state index contributed by atoms with van der Waals surface area (Å²) in [5, 5.41) is 3.13. The van der Waals surface area contributed by atoms with Crippen molar-refractivity contribution in [2.45, 2.75) is 13.3 Å². The monoisotopic (exact) mass is 250 g/mol. The van der Waals surface area contributed by atoms with Gasteiger partial charge in [0.2, 0.25) is 0 Å². The van der Waals surface area contributed by atoms with Gasteiger partial charge in [-0.05, 0) is 50.6 Å². The lowest BCUT2D eigenvalue weighted by atomic mass is 10.1. The van der Waals surface area contributed by atoms with Gasteiger partial charge in [0.05, 0.1) is 0 Å². The maximum atomic E-state index is 13.2. The zero-order chi connectivity index (χ0) is 13.1. The van der Waals surface area contributed by atoms with E-state index in [0.717, 1.165) is 31.6 Å². The van der Waals surface area contributed by atoms with Crippen molar-refractivity contribution in [3.8, 4) is 0 Å². The Morgan fingerprint density at radius 1 is 1.56 bits per heavy atom. The number of rotatable bonds is 3. The Morgan fingerprint density at radius 2 is 2.33 bits per heavy atom. The van der Waals surface area contributed by atoms with E-state index in [1.165, 1.54) is 12.1 Å². The molecule has 18 heavy (non-hydrogen) atoms. The number of aryl methyl sites for hydroxylation is 1. The van der Waals surface area contributed by atoms with E-state index in [1.807, 2.05) is 18.9 Å². The molecule has 98 valence electrons. The lowest BCUT2D eigenvalue weighted by molar-refractivity contribution is 0.0786. The smallest absolute Gasteiger partial charge is 0.254 e. The van der Waals surface area contributed by atoms with Crippen LogP contribution in [0.5, 0.6) is 0 Å². The summed E-state index contributed by atoms with van der Waals surface area (Å²) < 4.78 is 13.2. The molecule has 4 heteroatoms. The minimum atomic E-state index is -0.352. The molecule has 0 saturated carbocycles. The molecule has 1 heterocycles. The average Bonchev–Trinajstić information content (AvgIpc) is 2.80. The largest absolute Gasteiger partial charge is 0.338 e. The van der Waals surface area contributed by atoms with Gasteiger partial charge in [-0.2, -0.15) is 0 Å². The minimum Gasteiger partial charge on any atom is -0.338 e. The van der Waals surface area contributed by atoms with E-state index >= 15 is 0 Å². The summed E-state index contributed by atoms with van der Waals surface area (Å²) in [5.41, 5.74) is 1.32. The van der Waals surface area contributed by atoms with E-state index in [9.17, 15) is 9.18 Å². The lowest BCUT2D eigenvalue weighted by Gasteiger charge is -2.18. The lowest BCUT2D eigenvalue weighted by Crippen LogP contribution is -2.30. The normalized spacial score (nSPS) is 19.3. The van der Waals surface area contributed by atoms with E-state index < -0.39 is 0 Å². The standard InChI is InChI=1S/C14H19FN2O/c1-10-3-4-12(15)7-13(10)14(18)17-6-5-11(9-17)8-16-2/h3-4,7,11,16H,5-6,8-9H2,1-2H3. The van der Waals surface area contributed by atoms with Gasteiger partial charge in [0.25, 0.3) is 5.91 Å². The van der Waals surface area contributed by atoms with Gasteiger partial charge in [-0.25, -0.2) is 4.39 Å². The highest BCUT2D eigenvalue weighted by Crippen LogP contribution is 2.20. The molecular formula is C14H19FN2O. The predicted octanol–water partition coefficient (Wildman–Crippen LogP) is 1.82. The molecule has 1 aliphatic rings. The zero-order valence-electron chi connectivity index (χ0n) is 10.9. The Hall–Kier alpha value is -1.42. The summed E-state index contributed by atoms with van der Waals surface area (Å²) in [6, 6.07) is 4.38. The number of amides is 1. The Labute approximate surface area is 107 Å². The molecule has 0 bridgehead atoms. The fourth-order valence-corrected chi connectivity index (χ4v) is 2.47. The number of halogens is 1. The molecule has 1 unspecified atom stereocenters. The van der Waals surface area contributed by atoms with Crippen molar-refractivity contribution < 1.29 is 9.18 Å². The molecular weight excluding hydrogens is 231 g/mol. The zero-order valence-corrected chi connectivity index (χ0v) is 10.9. The average molecular weight is 250 g/mol. The number of nitrogens with one attached hydrogen (secondary N) is 1. The molecule has 0 aliphatic carbocycles. The van der Waals surface area contributed by atoms with Crippen LogP contribution in [-0.4, -0.2) is 37.5 Å². The number of hydrogen-bond donors (Lipinski definition) is 1. The third-order valence-electron chi connectivity index (χ3n) is 3.50. The maximum Gasteiger partial charge on any atom is 0.254 e. The van der Waals surface area contributed by atoms with Crippen LogP contribution in [0.25, 0.3) is 0 Å². The fourth-order valence-electron chi connectivity index (χ4n) is 2.47. The van der Waals surface area contributed by atoms with Gasteiger partial charge >= 0.3 is 0 Å². The number of carbonyl (C=O) groups excluding carboxylic acids is 1. The summed E-state index contributed by atoms with van der Waals surface area (Å²) in [5.74, 6) is 0.105.